The molecule has 1 fully saturated rings. The fraction of sp³-hybridized carbons (Fsp3) is 0.375. The van der Waals surface area contributed by atoms with E-state index >= 15 is 0 Å². The summed E-state index contributed by atoms with van der Waals surface area (Å²) >= 11 is 12.1. The van der Waals surface area contributed by atoms with Crippen molar-refractivity contribution in [1.29, 1.82) is 0 Å². The van der Waals surface area contributed by atoms with Crippen LogP contribution in [0, 0.1) is 0 Å². The molecule has 1 amide bonds. The summed E-state index contributed by atoms with van der Waals surface area (Å²) in [6.45, 7) is 4.02. The van der Waals surface area contributed by atoms with E-state index in [9.17, 15) is 4.79 Å². The Morgan fingerprint density at radius 3 is 2.78 bits per heavy atom. The van der Waals surface area contributed by atoms with Gasteiger partial charge in [-0.3, -0.25) is 9.48 Å². The highest BCUT2D eigenvalue weighted by Gasteiger charge is 2.29. The van der Waals surface area contributed by atoms with Crippen LogP contribution in [0.15, 0.2) is 30.5 Å². The second kappa shape index (κ2) is 6.91. The van der Waals surface area contributed by atoms with Crippen LogP contribution in [-0.4, -0.2) is 40.3 Å². The van der Waals surface area contributed by atoms with Crippen molar-refractivity contribution in [3.63, 3.8) is 0 Å². The molecule has 1 atom stereocenters. The molecular weight excluding hydrogens is 337 g/mol. The molecule has 2 heterocycles. The molecule has 1 aromatic heterocycles. The molecule has 2 aromatic rings. The van der Waals surface area contributed by atoms with E-state index in [4.69, 9.17) is 27.9 Å². The number of nitrogens with zero attached hydrogens (tertiary/aromatic N) is 3. The van der Waals surface area contributed by atoms with Crippen LogP contribution in [0.5, 0.6) is 0 Å². The summed E-state index contributed by atoms with van der Waals surface area (Å²) in [7, 11) is 0. The van der Waals surface area contributed by atoms with E-state index in [0.29, 0.717) is 42.0 Å². The number of ether oxygens (including phenoxy) is 1. The summed E-state index contributed by atoms with van der Waals surface area (Å²) in [5.74, 6) is -0.114. The van der Waals surface area contributed by atoms with Gasteiger partial charge in [-0.1, -0.05) is 35.3 Å². The highest BCUT2D eigenvalue weighted by Crippen LogP contribution is 2.26. The van der Waals surface area contributed by atoms with Crippen LogP contribution >= 0.6 is 23.2 Å². The second-order valence-corrected chi connectivity index (χ2v) is 6.16. The van der Waals surface area contributed by atoms with E-state index in [2.05, 4.69) is 5.10 Å². The van der Waals surface area contributed by atoms with Crippen molar-refractivity contribution in [2.75, 3.05) is 19.7 Å². The minimum Gasteiger partial charge on any atom is -0.370 e. The third-order valence-corrected chi connectivity index (χ3v) is 4.42. The highest BCUT2D eigenvalue weighted by atomic mass is 35.5. The zero-order valence-corrected chi connectivity index (χ0v) is 14.2. The van der Waals surface area contributed by atoms with Crippen molar-refractivity contribution in [2.45, 2.75) is 19.6 Å². The van der Waals surface area contributed by atoms with E-state index in [1.54, 1.807) is 9.58 Å². The number of hydrogen-bond donors (Lipinski definition) is 0. The van der Waals surface area contributed by atoms with Crippen molar-refractivity contribution < 1.29 is 9.53 Å². The third kappa shape index (κ3) is 3.37. The van der Waals surface area contributed by atoms with E-state index in [1.807, 2.05) is 31.2 Å². The molecule has 5 nitrogen and oxygen atoms in total. The molecule has 1 saturated heterocycles. The van der Waals surface area contributed by atoms with Gasteiger partial charge >= 0.3 is 0 Å². The first kappa shape index (κ1) is 16.3. The first-order valence-electron chi connectivity index (χ1n) is 7.47. The predicted molar refractivity (Wildman–Crippen MR) is 89.0 cm³/mol. The van der Waals surface area contributed by atoms with Crippen molar-refractivity contribution in [3.05, 3.63) is 51.8 Å². The number of benzene rings is 1. The standard InChI is InChI=1S/C16H17Cl2N3O2/c1-2-21-15(13(18)9-19-21)16(22)20-7-8-23-14(10-20)11-3-5-12(17)6-4-11/h3-6,9,14H,2,7-8,10H2,1H3/t14-/m0/s1. The summed E-state index contributed by atoms with van der Waals surface area (Å²) in [5.41, 5.74) is 1.44. The molecule has 3 rings (SSSR count). The summed E-state index contributed by atoms with van der Waals surface area (Å²) in [4.78, 5) is 14.6. The quantitative estimate of drug-likeness (QED) is 0.849. The van der Waals surface area contributed by atoms with Gasteiger partial charge in [-0.25, -0.2) is 0 Å². The fourth-order valence-corrected chi connectivity index (χ4v) is 3.03. The lowest BCUT2D eigenvalue weighted by Crippen LogP contribution is -2.43. The Kier molecular flexibility index (Phi) is 4.90. The Balaban J connectivity index is 1.79. The average Bonchev–Trinajstić information content (AvgIpc) is 2.95. The molecule has 0 saturated carbocycles. The molecule has 0 unspecified atom stereocenters. The van der Waals surface area contributed by atoms with E-state index in [1.165, 1.54) is 6.20 Å². The molecule has 7 heteroatoms. The monoisotopic (exact) mass is 353 g/mol. The maximum atomic E-state index is 12.8. The number of halogens is 2. The topological polar surface area (TPSA) is 47.4 Å². The number of amides is 1. The molecule has 0 aliphatic carbocycles. The first-order valence-corrected chi connectivity index (χ1v) is 8.23. The largest absolute Gasteiger partial charge is 0.370 e. The summed E-state index contributed by atoms with van der Waals surface area (Å²) in [6.07, 6.45) is 1.34. The maximum Gasteiger partial charge on any atom is 0.273 e. The predicted octanol–water partition coefficient (Wildman–Crippen LogP) is 3.42. The van der Waals surface area contributed by atoms with Crippen LogP contribution in [0.25, 0.3) is 0 Å². The molecular formula is C16H17Cl2N3O2. The number of carbonyl (C=O) groups is 1. The van der Waals surface area contributed by atoms with Gasteiger partial charge in [-0.2, -0.15) is 5.10 Å². The lowest BCUT2D eigenvalue weighted by molar-refractivity contribution is -0.0232. The number of rotatable bonds is 3. The number of carbonyl (C=O) groups excluding carboxylic acids is 1. The van der Waals surface area contributed by atoms with Crippen molar-refractivity contribution in [2.24, 2.45) is 0 Å². The SMILES string of the molecule is CCn1ncc(Cl)c1C(=O)N1CCO[C@H](c2ccc(Cl)cc2)C1. The van der Waals surface area contributed by atoms with Crippen molar-refractivity contribution in [1.82, 2.24) is 14.7 Å². The number of morpholine rings is 1. The Morgan fingerprint density at radius 1 is 1.35 bits per heavy atom. The van der Waals surface area contributed by atoms with Gasteiger partial charge in [0, 0.05) is 18.1 Å². The van der Waals surface area contributed by atoms with Crippen LogP contribution in [0.1, 0.15) is 29.1 Å². The normalized spacial score (nSPS) is 18.2. The van der Waals surface area contributed by atoms with Crippen LogP contribution in [-0.2, 0) is 11.3 Å². The molecule has 0 bridgehead atoms. The summed E-state index contributed by atoms with van der Waals surface area (Å²) in [6, 6.07) is 7.49. The van der Waals surface area contributed by atoms with Crippen LogP contribution in [0.3, 0.4) is 0 Å². The van der Waals surface area contributed by atoms with Gasteiger partial charge in [-0.15, -0.1) is 0 Å². The zero-order valence-electron chi connectivity index (χ0n) is 12.7. The molecule has 23 heavy (non-hydrogen) atoms. The van der Waals surface area contributed by atoms with Gasteiger partial charge in [0.2, 0.25) is 0 Å². The van der Waals surface area contributed by atoms with Crippen LogP contribution in [0.4, 0.5) is 0 Å². The van der Waals surface area contributed by atoms with Gasteiger partial charge in [-0.05, 0) is 24.6 Å². The van der Waals surface area contributed by atoms with E-state index in [0.717, 1.165) is 5.56 Å². The van der Waals surface area contributed by atoms with Gasteiger partial charge in [0.25, 0.3) is 5.91 Å². The molecule has 122 valence electrons. The summed E-state index contributed by atoms with van der Waals surface area (Å²) in [5, 5.41) is 5.19. The van der Waals surface area contributed by atoms with Crippen molar-refractivity contribution in [3.8, 4) is 0 Å². The second-order valence-electron chi connectivity index (χ2n) is 5.32. The van der Waals surface area contributed by atoms with Gasteiger partial charge in [0.05, 0.1) is 24.4 Å². The Labute approximate surface area is 144 Å². The highest BCUT2D eigenvalue weighted by molar-refractivity contribution is 6.33. The van der Waals surface area contributed by atoms with Crippen molar-refractivity contribution >= 4 is 29.1 Å². The van der Waals surface area contributed by atoms with Crippen LogP contribution in [0.2, 0.25) is 10.0 Å². The van der Waals surface area contributed by atoms with Gasteiger partial charge < -0.3 is 9.64 Å². The lowest BCUT2D eigenvalue weighted by atomic mass is 10.1. The summed E-state index contributed by atoms with van der Waals surface area (Å²) < 4.78 is 7.42. The molecule has 0 radical (unpaired) electrons. The number of hydrogen-bond acceptors (Lipinski definition) is 3. The fourth-order valence-electron chi connectivity index (χ4n) is 2.68. The van der Waals surface area contributed by atoms with E-state index < -0.39 is 0 Å². The molecule has 0 spiro atoms. The minimum absolute atomic E-state index is 0.114. The average molecular weight is 354 g/mol. The Bertz CT molecular complexity index is 700. The third-order valence-electron chi connectivity index (χ3n) is 3.89. The van der Waals surface area contributed by atoms with Gasteiger partial charge in [0.15, 0.2) is 0 Å². The number of aromatic nitrogens is 2. The molecule has 1 aromatic carbocycles. The Morgan fingerprint density at radius 2 is 2.09 bits per heavy atom. The molecule has 0 N–H and O–H groups in total. The smallest absolute Gasteiger partial charge is 0.273 e. The first-order chi connectivity index (χ1) is 11.1. The molecule has 1 aliphatic heterocycles. The zero-order chi connectivity index (χ0) is 16.4. The Hall–Kier alpha value is -1.56. The van der Waals surface area contributed by atoms with Crippen LogP contribution < -0.4 is 0 Å². The number of aryl methyl sites for hydroxylation is 1. The van der Waals surface area contributed by atoms with E-state index in [-0.39, 0.29) is 12.0 Å². The van der Waals surface area contributed by atoms with Gasteiger partial charge in [0.1, 0.15) is 11.8 Å². The minimum atomic E-state index is -0.165. The lowest BCUT2D eigenvalue weighted by Gasteiger charge is -2.33. The maximum absolute atomic E-state index is 12.8. The molecule has 1 aliphatic rings.